The molecule has 0 fully saturated rings. The second-order valence-corrected chi connectivity index (χ2v) is 4.02. The van der Waals surface area contributed by atoms with Crippen LogP contribution < -0.4 is 10.6 Å². The predicted molar refractivity (Wildman–Crippen MR) is 56.1 cm³/mol. The average molecular weight is 205 g/mol. The zero-order chi connectivity index (χ0) is 10.3. The van der Waals surface area contributed by atoms with E-state index >= 15 is 0 Å². The third-order valence-electron chi connectivity index (χ3n) is 1.12. The van der Waals surface area contributed by atoms with E-state index in [1.165, 1.54) is 0 Å². The summed E-state index contributed by atoms with van der Waals surface area (Å²) in [5, 5.41) is 5.46. The van der Waals surface area contributed by atoms with Gasteiger partial charge < -0.3 is 10.6 Å². The Hall–Kier alpha value is -0.700. The molecular weight excluding hydrogens is 188 g/mol. The lowest BCUT2D eigenvalue weighted by molar-refractivity contribution is 0.233. The first-order valence-corrected chi connectivity index (χ1v) is 4.76. The van der Waals surface area contributed by atoms with Crippen LogP contribution in [0, 0.1) is 0 Å². The van der Waals surface area contributed by atoms with Crippen LogP contribution in [0.1, 0.15) is 20.8 Å². The number of carbonyl (C=O) groups excluding carboxylic acids is 1. The molecule has 0 atom stereocenters. The summed E-state index contributed by atoms with van der Waals surface area (Å²) in [5.74, 6) is 0.475. The zero-order valence-corrected chi connectivity index (χ0v) is 9.11. The van der Waals surface area contributed by atoms with E-state index in [0.29, 0.717) is 12.4 Å². The summed E-state index contributed by atoms with van der Waals surface area (Å²) in [6.45, 7) is 6.30. The lowest BCUT2D eigenvalue weighted by atomic mass is 10.1. The van der Waals surface area contributed by atoms with E-state index in [-0.39, 0.29) is 11.6 Å². The van der Waals surface area contributed by atoms with Crippen LogP contribution in [0.5, 0.6) is 0 Å². The fourth-order valence-corrected chi connectivity index (χ4v) is 0.809. The average Bonchev–Trinajstić information content (AvgIpc) is 1.94. The van der Waals surface area contributed by atoms with E-state index in [2.05, 4.69) is 10.6 Å². The molecule has 2 N–H and O–H groups in total. The topological polar surface area (TPSA) is 41.1 Å². The minimum absolute atomic E-state index is 0.160. The third kappa shape index (κ3) is 9.21. The molecule has 0 saturated heterocycles. The number of rotatable bonds is 3. The number of nitrogens with one attached hydrogen (secondary N) is 2. The van der Waals surface area contributed by atoms with Gasteiger partial charge in [0, 0.05) is 18.0 Å². The number of amides is 2. The fraction of sp³-hybridized carbons (Fsp3) is 0.667. The number of urea groups is 1. The van der Waals surface area contributed by atoms with Gasteiger partial charge in [0.1, 0.15) is 0 Å². The van der Waals surface area contributed by atoms with Gasteiger partial charge in [0.25, 0.3) is 0 Å². The number of carbonyl (C=O) groups is 1. The lowest BCUT2D eigenvalue weighted by Gasteiger charge is -2.20. The zero-order valence-electron chi connectivity index (χ0n) is 8.36. The van der Waals surface area contributed by atoms with Gasteiger partial charge in [0.15, 0.2) is 0 Å². The SMILES string of the molecule is CC(C)(C)NC(=O)NC/C=C/CCl. The van der Waals surface area contributed by atoms with Crippen LogP contribution in [0.2, 0.25) is 0 Å². The van der Waals surface area contributed by atoms with Gasteiger partial charge >= 0.3 is 6.03 Å². The molecule has 76 valence electrons. The van der Waals surface area contributed by atoms with Gasteiger partial charge in [-0.3, -0.25) is 0 Å². The maximum atomic E-state index is 11.1. The summed E-state index contributed by atoms with van der Waals surface area (Å²) in [4.78, 5) is 11.1. The first-order chi connectivity index (χ1) is 5.95. The number of halogens is 1. The summed E-state index contributed by atoms with van der Waals surface area (Å²) >= 11 is 5.41. The molecule has 0 aromatic heterocycles. The number of hydrogen-bond donors (Lipinski definition) is 2. The van der Waals surface area contributed by atoms with Gasteiger partial charge in [0.05, 0.1) is 0 Å². The molecule has 13 heavy (non-hydrogen) atoms. The molecule has 0 aliphatic rings. The summed E-state index contributed by atoms with van der Waals surface area (Å²) in [7, 11) is 0. The van der Waals surface area contributed by atoms with E-state index in [1.54, 1.807) is 6.08 Å². The molecule has 0 heterocycles. The molecule has 0 bridgehead atoms. The monoisotopic (exact) mass is 204 g/mol. The Labute approximate surface area is 84.5 Å². The first kappa shape index (κ1) is 12.3. The predicted octanol–water partition coefficient (Wildman–Crippen LogP) is 1.88. The molecule has 0 rings (SSSR count). The lowest BCUT2D eigenvalue weighted by Crippen LogP contribution is -2.46. The van der Waals surface area contributed by atoms with Crippen LogP contribution in [0.15, 0.2) is 12.2 Å². The van der Waals surface area contributed by atoms with E-state index < -0.39 is 0 Å². The Morgan fingerprint density at radius 3 is 2.46 bits per heavy atom. The maximum absolute atomic E-state index is 11.1. The molecule has 0 unspecified atom stereocenters. The molecule has 4 heteroatoms. The summed E-state index contributed by atoms with van der Waals surface area (Å²) < 4.78 is 0. The quantitative estimate of drug-likeness (QED) is 0.535. The van der Waals surface area contributed by atoms with Crippen LogP contribution in [0.4, 0.5) is 4.79 Å². The van der Waals surface area contributed by atoms with Gasteiger partial charge in [-0.25, -0.2) is 4.79 Å². The van der Waals surface area contributed by atoms with Gasteiger partial charge in [0.2, 0.25) is 0 Å². The summed E-state index contributed by atoms with van der Waals surface area (Å²) in [5.41, 5.74) is -0.194. The van der Waals surface area contributed by atoms with Gasteiger partial charge in [-0.15, -0.1) is 11.6 Å². The van der Waals surface area contributed by atoms with Crippen molar-refractivity contribution in [1.29, 1.82) is 0 Å². The molecular formula is C9H17ClN2O. The van der Waals surface area contributed by atoms with Crippen molar-refractivity contribution in [2.75, 3.05) is 12.4 Å². The van der Waals surface area contributed by atoms with E-state index in [0.717, 1.165) is 0 Å². The van der Waals surface area contributed by atoms with Gasteiger partial charge in [-0.2, -0.15) is 0 Å². The van der Waals surface area contributed by atoms with Crippen LogP contribution >= 0.6 is 11.6 Å². The molecule has 3 nitrogen and oxygen atoms in total. The van der Waals surface area contributed by atoms with Gasteiger partial charge in [-0.05, 0) is 20.8 Å². The van der Waals surface area contributed by atoms with Crippen molar-refractivity contribution in [2.45, 2.75) is 26.3 Å². The van der Waals surface area contributed by atoms with Crippen LogP contribution in [-0.4, -0.2) is 24.0 Å². The Bertz CT molecular complexity index is 185. The molecule has 0 aliphatic carbocycles. The van der Waals surface area contributed by atoms with E-state index in [9.17, 15) is 4.79 Å². The van der Waals surface area contributed by atoms with Crippen molar-refractivity contribution in [3.05, 3.63) is 12.2 Å². The standard InChI is InChI=1S/C9H17ClN2O/c1-9(2,3)12-8(13)11-7-5-4-6-10/h4-5H,6-7H2,1-3H3,(H2,11,12,13)/b5-4+. The van der Waals surface area contributed by atoms with Crippen LogP contribution in [0.25, 0.3) is 0 Å². The molecule has 0 saturated carbocycles. The minimum atomic E-state index is -0.194. The Morgan fingerprint density at radius 2 is 2.00 bits per heavy atom. The minimum Gasteiger partial charge on any atom is -0.335 e. The third-order valence-corrected chi connectivity index (χ3v) is 1.30. The Morgan fingerprint density at radius 1 is 1.38 bits per heavy atom. The molecule has 0 radical (unpaired) electrons. The van der Waals surface area contributed by atoms with Crippen molar-refractivity contribution in [2.24, 2.45) is 0 Å². The largest absolute Gasteiger partial charge is 0.335 e. The highest BCUT2D eigenvalue weighted by molar-refractivity contribution is 6.18. The maximum Gasteiger partial charge on any atom is 0.315 e. The molecule has 0 aliphatic heterocycles. The fourth-order valence-electron chi connectivity index (χ4n) is 0.683. The summed E-state index contributed by atoms with van der Waals surface area (Å²) in [6, 6.07) is -0.160. The van der Waals surface area contributed by atoms with E-state index in [1.807, 2.05) is 26.8 Å². The highest BCUT2D eigenvalue weighted by Crippen LogP contribution is 1.96. The smallest absolute Gasteiger partial charge is 0.315 e. The Kier molecular flexibility index (Phi) is 5.55. The van der Waals surface area contributed by atoms with Crippen LogP contribution in [0.3, 0.4) is 0 Å². The molecule has 0 aromatic rings. The Balaban J connectivity index is 3.58. The van der Waals surface area contributed by atoms with Crippen molar-refractivity contribution >= 4 is 17.6 Å². The van der Waals surface area contributed by atoms with Crippen molar-refractivity contribution in [3.8, 4) is 0 Å². The molecule has 0 aromatic carbocycles. The highest BCUT2D eigenvalue weighted by Gasteiger charge is 2.11. The first-order valence-electron chi connectivity index (χ1n) is 4.22. The van der Waals surface area contributed by atoms with Crippen molar-refractivity contribution in [3.63, 3.8) is 0 Å². The summed E-state index contributed by atoms with van der Waals surface area (Å²) in [6.07, 6.45) is 3.61. The number of alkyl halides is 1. The van der Waals surface area contributed by atoms with Gasteiger partial charge in [-0.1, -0.05) is 12.2 Å². The molecule has 0 spiro atoms. The van der Waals surface area contributed by atoms with Crippen molar-refractivity contribution in [1.82, 2.24) is 10.6 Å². The van der Waals surface area contributed by atoms with Crippen LogP contribution in [-0.2, 0) is 0 Å². The second kappa shape index (κ2) is 5.86. The highest BCUT2D eigenvalue weighted by atomic mass is 35.5. The second-order valence-electron chi connectivity index (χ2n) is 3.71. The van der Waals surface area contributed by atoms with Crippen molar-refractivity contribution < 1.29 is 4.79 Å². The van der Waals surface area contributed by atoms with E-state index in [4.69, 9.17) is 11.6 Å². The molecule has 2 amide bonds. The normalized spacial score (nSPS) is 11.7. The number of hydrogen-bond acceptors (Lipinski definition) is 1. The number of allylic oxidation sites excluding steroid dienone is 1.